The predicted octanol–water partition coefficient (Wildman–Crippen LogP) is 2.09. The zero-order valence-electron chi connectivity index (χ0n) is 10.6. The van der Waals surface area contributed by atoms with Crippen LogP contribution in [0.25, 0.3) is 0 Å². The summed E-state index contributed by atoms with van der Waals surface area (Å²) in [6.45, 7) is 1.38. The van der Waals surface area contributed by atoms with Crippen molar-refractivity contribution in [2.75, 3.05) is 12.9 Å². The van der Waals surface area contributed by atoms with Gasteiger partial charge in [0.2, 0.25) is 0 Å². The van der Waals surface area contributed by atoms with Crippen LogP contribution in [0.2, 0.25) is 0 Å². The number of rotatable bonds is 6. The molecule has 1 N–H and O–H groups in total. The molecular weight excluding hydrogens is 336 g/mol. The molecule has 19 heavy (non-hydrogen) atoms. The number of benzene rings is 1. The fourth-order valence-corrected chi connectivity index (χ4v) is 3.86. The Kier molecular flexibility index (Phi) is 5.37. The molecule has 0 saturated heterocycles. The van der Waals surface area contributed by atoms with E-state index in [4.69, 9.17) is 9.84 Å². The first kappa shape index (κ1) is 16.0. The number of hydrogen-bond donors (Lipinski definition) is 1. The summed E-state index contributed by atoms with van der Waals surface area (Å²) < 4.78 is 29.5. The van der Waals surface area contributed by atoms with E-state index in [9.17, 15) is 13.2 Å². The highest BCUT2D eigenvalue weighted by atomic mass is 79.9. The molecule has 1 unspecified atom stereocenters. The van der Waals surface area contributed by atoms with Crippen LogP contribution in [0, 0.1) is 5.92 Å². The van der Waals surface area contributed by atoms with Gasteiger partial charge in [-0.3, -0.25) is 4.79 Å². The second kappa shape index (κ2) is 6.38. The van der Waals surface area contributed by atoms with Crippen LogP contribution in [0.3, 0.4) is 0 Å². The highest BCUT2D eigenvalue weighted by Crippen LogP contribution is 2.26. The number of sulfone groups is 1. The molecule has 0 fully saturated rings. The standard InChI is InChI=1S/C12H15BrO5S/c1-8(12(14)15)6-19(16,17)7-9-3-4-11(18-2)10(13)5-9/h3-5,8H,6-7H2,1-2H3,(H,14,15). The summed E-state index contributed by atoms with van der Waals surface area (Å²) in [7, 11) is -1.94. The SMILES string of the molecule is COc1ccc(CS(=O)(=O)CC(C)C(=O)O)cc1Br. The number of aliphatic carboxylic acids is 1. The quantitative estimate of drug-likeness (QED) is 0.849. The van der Waals surface area contributed by atoms with E-state index in [1.54, 1.807) is 18.2 Å². The van der Waals surface area contributed by atoms with Crippen LogP contribution in [0.1, 0.15) is 12.5 Å². The van der Waals surface area contributed by atoms with Gasteiger partial charge in [-0.25, -0.2) is 8.42 Å². The molecule has 7 heteroatoms. The highest BCUT2D eigenvalue weighted by molar-refractivity contribution is 9.10. The van der Waals surface area contributed by atoms with Crippen LogP contribution in [-0.2, 0) is 20.4 Å². The van der Waals surface area contributed by atoms with E-state index in [-0.39, 0.29) is 11.5 Å². The van der Waals surface area contributed by atoms with Crippen molar-refractivity contribution in [3.8, 4) is 5.75 Å². The van der Waals surface area contributed by atoms with Crippen molar-refractivity contribution in [1.82, 2.24) is 0 Å². The number of carboxylic acid groups (broad SMARTS) is 1. The lowest BCUT2D eigenvalue weighted by molar-refractivity contribution is -0.140. The third-order valence-corrected chi connectivity index (χ3v) is 4.93. The minimum absolute atomic E-state index is 0.187. The lowest BCUT2D eigenvalue weighted by Gasteiger charge is -2.09. The molecule has 1 aromatic rings. The van der Waals surface area contributed by atoms with Gasteiger partial charge in [0.25, 0.3) is 0 Å². The second-order valence-corrected chi connectivity index (χ2v) is 7.23. The Morgan fingerprint density at radius 2 is 2.11 bits per heavy atom. The molecule has 0 radical (unpaired) electrons. The molecule has 0 aliphatic rings. The normalized spacial score (nSPS) is 13.0. The van der Waals surface area contributed by atoms with Crippen molar-refractivity contribution in [3.05, 3.63) is 28.2 Å². The third-order valence-electron chi connectivity index (χ3n) is 2.53. The fraction of sp³-hybridized carbons (Fsp3) is 0.417. The minimum atomic E-state index is -3.46. The molecule has 0 heterocycles. The van der Waals surface area contributed by atoms with Crippen molar-refractivity contribution in [2.45, 2.75) is 12.7 Å². The first-order chi connectivity index (χ1) is 8.75. The number of carbonyl (C=O) groups is 1. The first-order valence-electron chi connectivity index (χ1n) is 5.51. The number of methoxy groups -OCH3 is 1. The zero-order chi connectivity index (χ0) is 14.6. The average Bonchev–Trinajstić information content (AvgIpc) is 2.27. The Balaban J connectivity index is 2.84. The summed E-state index contributed by atoms with van der Waals surface area (Å²) in [5.74, 6) is -1.97. The highest BCUT2D eigenvalue weighted by Gasteiger charge is 2.21. The van der Waals surface area contributed by atoms with Crippen LogP contribution in [0.15, 0.2) is 22.7 Å². The third kappa shape index (κ3) is 4.83. The molecular formula is C12H15BrO5S. The lowest BCUT2D eigenvalue weighted by atomic mass is 10.2. The molecule has 0 amide bonds. The van der Waals surface area contributed by atoms with Gasteiger partial charge in [-0.1, -0.05) is 13.0 Å². The molecule has 1 aromatic carbocycles. The van der Waals surface area contributed by atoms with Crippen molar-refractivity contribution in [3.63, 3.8) is 0 Å². The Bertz CT molecular complexity index is 567. The van der Waals surface area contributed by atoms with E-state index >= 15 is 0 Å². The maximum absolute atomic E-state index is 11.9. The second-order valence-electron chi connectivity index (χ2n) is 4.26. The number of halogens is 1. The maximum Gasteiger partial charge on any atom is 0.307 e. The summed E-state index contributed by atoms with van der Waals surface area (Å²) in [5, 5.41) is 8.74. The topological polar surface area (TPSA) is 80.7 Å². The van der Waals surface area contributed by atoms with Gasteiger partial charge in [-0.05, 0) is 33.6 Å². The van der Waals surface area contributed by atoms with Gasteiger partial charge >= 0.3 is 5.97 Å². The smallest absolute Gasteiger partial charge is 0.307 e. The van der Waals surface area contributed by atoms with E-state index in [1.807, 2.05) is 0 Å². The number of carboxylic acids is 1. The first-order valence-corrected chi connectivity index (χ1v) is 8.12. The van der Waals surface area contributed by atoms with E-state index in [0.29, 0.717) is 15.8 Å². The van der Waals surface area contributed by atoms with E-state index in [2.05, 4.69) is 15.9 Å². The average molecular weight is 351 g/mol. The Morgan fingerprint density at radius 1 is 1.47 bits per heavy atom. The Hall–Kier alpha value is -1.08. The van der Waals surface area contributed by atoms with E-state index in [1.165, 1.54) is 14.0 Å². The van der Waals surface area contributed by atoms with Gasteiger partial charge in [0, 0.05) is 0 Å². The summed E-state index contributed by atoms with van der Waals surface area (Å²) in [6.07, 6.45) is 0. The van der Waals surface area contributed by atoms with Gasteiger partial charge < -0.3 is 9.84 Å². The molecule has 1 atom stereocenters. The monoisotopic (exact) mass is 350 g/mol. The van der Waals surface area contributed by atoms with Crippen LogP contribution < -0.4 is 4.74 Å². The van der Waals surface area contributed by atoms with Gasteiger partial charge in [0.05, 0.1) is 29.0 Å². The zero-order valence-corrected chi connectivity index (χ0v) is 13.0. The molecule has 0 aromatic heterocycles. The Labute approximate surface area is 120 Å². The van der Waals surface area contributed by atoms with E-state index in [0.717, 1.165) is 0 Å². The number of hydrogen-bond acceptors (Lipinski definition) is 4. The van der Waals surface area contributed by atoms with Crippen molar-refractivity contribution >= 4 is 31.7 Å². The molecule has 0 bridgehead atoms. The molecule has 0 aliphatic heterocycles. The van der Waals surface area contributed by atoms with Crippen LogP contribution in [0.4, 0.5) is 0 Å². The van der Waals surface area contributed by atoms with Gasteiger partial charge in [0.1, 0.15) is 5.75 Å². The van der Waals surface area contributed by atoms with Crippen LogP contribution in [-0.4, -0.2) is 32.4 Å². The minimum Gasteiger partial charge on any atom is -0.496 e. The Morgan fingerprint density at radius 3 is 2.58 bits per heavy atom. The van der Waals surface area contributed by atoms with Crippen LogP contribution in [0.5, 0.6) is 5.75 Å². The van der Waals surface area contributed by atoms with Gasteiger partial charge in [0.15, 0.2) is 9.84 Å². The number of ether oxygens (including phenoxy) is 1. The predicted molar refractivity (Wildman–Crippen MR) is 75.0 cm³/mol. The van der Waals surface area contributed by atoms with Gasteiger partial charge in [-0.15, -0.1) is 0 Å². The molecule has 0 aliphatic carbocycles. The summed E-state index contributed by atoms with van der Waals surface area (Å²) >= 11 is 3.27. The van der Waals surface area contributed by atoms with Crippen molar-refractivity contribution < 1.29 is 23.1 Å². The molecule has 0 spiro atoms. The largest absolute Gasteiger partial charge is 0.496 e. The van der Waals surface area contributed by atoms with Crippen LogP contribution >= 0.6 is 15.9 Å². The van der Waals surface area contributed by atoms with Gasteiger partial charge in [-0.2, -0.15) is 0 Å². The molecule has 0 saturated carbocycles. The maximum atomic E-state index is 11.9. The molecule has 1 rings (SSSR count). The summed E-state index contributed by atoms with van der Waals surface area (Å²) in [4.78, 5) is 10.7. The summed E-state index contributed by atoms with van der Waals surface area (Å²) in [5.41, 5.74) is 0.588. The van der Waals surface area contributed by atoms with Crippen molar-refractivity contribution in [2.24, 2.45) is 5.92 Å². The van der Waals surface area contributed by atoms with E-state index < -0.39 is 21.7 Å². The fourth-order valence-electron chi connectivity index (χ4n) is 1.56. The summed E-state index contributed by atoms with van der Waals surface area (Å²) in [6, 6.07) is 4.96. The molecule has 106 valence electrons. The lowest BCUT2D eigenvalue weighted by Crippen LogP contribution is -2.22. The molecule has 5 nitrogen and oxygen atoms in total. The van der Waals surface area contributed by atoms with Crippen molar-refractivity contribution in [1.29, 1.82) is 0 Å².